The fraction of sp³-hybridized carbons (Fsp3) is 0.103. The van der Waals surface area contributed by atoms with Gasteiger partial charge in [-0.3, -0.25) is 0 Å². The maximum absolute atomic E-state index is 10.2. The van der Waals surface area contributed by atoms with Crippen LogP contribution in [0.3, 0.4) is 0 Å². The lowest BCUT2D eigenvalue weighted by molar-refractivity contribution is -0.131. The quantitative estimate of drug-likeness (QED) is 0.249. The highest BCUT2D eigenvalue weighted by Crippen LogP contribution is 2.22. The number of rotatable bonds is 5. The van der Waals surface area contributed by atoms with E-state index in [9.17, 15) is 4.79 Å². The largest absolute Gasteiger partial charge is 0.496 e. The first-order chi connectivity index (χ1) is 16.9. The molecule has 0 bridgehead atoms. The maximum Gasteiger partial charge on any atom is 0.328 e. The summed E-state index contributed by atoms with van der Waals surface area (Å²) in [6, 6.07) is 29.6. The third-order valence-corrected chi connectivity index (χ3v) is 5.49. The molecule has 4 rings (SSSR count). The third kappa shape index (κ3) is 7.42. The van der Waals surface area contributed by atoms with Crippen LogP contribution in [0.4, 0.5) is 5.69 Å². The molecule has 0 spiro atoms. The Labute approximate surface area is 210 Å². The topological polar surface area (TPSA) is 59.0 Å². The number of thiocarbonyl (C=S) groups is 1. The molecule has 178 valence electrons. The van der Waals surface area contributed by atoms with E-state index < -0.39 is 5.97 Å². The third-order valence-electron chi connectivity index (χ3n) is 5.13. The van der Waals surface area contributed by atoms with E-state index in [1.807, 2.05) is 66.5 Å². The Morgan fingerprint density at radius 2 is 1.63 bits per heavy atom. The van der Waals surface area contributed by atoms with Gasteiger partial charge in [0.1, 0.15) is 11.5 Å². The molecule has 4 aromatic carbocycles. The molecule has 0 aliphatic carbocycles. The monoisotopic (exact) mass is 485 g/mol. The number of hydrogen-bond acceptors (Lipinski definition) is 4. The van der Waals surface area contributed by atoms with Gasteiger partial charge in [-0.15, -0.1) is 0 Å². The summed E-state index contributed by atoms with van der Waals surface area (Å²) < 4.78 is 10.9. The van der Waals surface area contributed by atoms with Crippen LogP contribution in [0.5, 0.6) is 11.5 Å². The molecule has 35 heavy (non-hydrogen) atoms. The van der Waals surface area contributed by atoms with Crippen molar-refractivity contribution in [2.24, 2.45) is 0 Å². The number of hydrogen-bond donors (Lipinski definition) is 1. The number of aliphatic carboxylic acids is 1. The second-order valence-electron chi connectivity index (χ2n) is 7.69. The van der Waals surface area contributed by atoms with Gasteiger partial charge in [-0.05, 0) is 71.9 Å². The summed E-state index contributed by atoms with van der Waals surface area (Å²) in [6.07, 6.45) is 2.58. The van der Waals surface area contributed by atoms with Gasteiger partial charge in [-0.25, -0.2) is 4.79 Å². The summed E-state index contributed by atoms with van der Waals surface area (Å²) in [5.74, 6) is 0.453. The number of carbonyl (C=O) groups is 1. The number of carboxylic acids is 1. The number of nitrogens with zero attached hydrogens (tertiary/aromatic N) is 1. The Morgan fingerprint density at radius 1 is 0.914 bits per heavy atom. The molecule has 0 amide bonds. The molecule has 6 heteroatoms. The Balaban J connectivity index is 0.000000225. The van der Waals surface area contributed by atoms with Crippen LogP contribution in [0, 0.1) is 6.92 Å². The second kappa shape index (κ2) is 12.3. The van der Waals surface area contributed by atoms with Gasteiger partial charge < -0.3 is 19.5 Å². The van der Waals surface area contributed by atoms with E-state index in [4.69, 9.17) is 26.8 Å². The number of benzene rings is 4. The zero-order valence-electron chi connectivity index (χ0n) is 19.8. The van der Waals surface area contributed by atoms with Gasteiger partial charge in [0.15, 0.2) is 0 Å². The molecule has 0 saturated heterocycles. The predicted molar refractivity (Wildman–Crippen MR) is 146 cm³/mol. The number of aryl methyl sites for hydroxylation is 1. The number of ether oxygens (including phenoxy) is 2. The minimum atomic E-state index is -0.967. The first-order valence-corrected chi connectivity index (χ1v) is 11.3. The average molecular weight is 486 g/mol. The molecule has 0 aliphatic heterocycles. The standard InChI is InChI=1S/C19H17NOS.C10H10O3/c1-14-6-5-9-17(12-14)20(2)19(22)21-18-11-10-15-7-3-4-8-16(15)13-18;1-13-9-5-3-2-4-8(9)6-7-10(11)12/h3-13H,1-2H3;2-7H,1H3,(H,11,12). The highest BCUT2D eigenvalue weighted by Gasteiger charge is 2.10. The van der Waals surface area contributed by atoms with Crippen molar-refractivity contribution >= 4 is 45.9 Å². The molecule has 5 nitrogen and oxygen atoms in total. The van der Waals surface area contributed by atoms with E-state index in [0.717, 1.165) is 28.5 Å². The molecule has 0 saturated carbocycles. The van der Waals surface area contributed by atoms with Crippen LogP contribution >= 0.6 is 12.2 Å². The first-order valence-electron chi connectivity index (χ1n) is 10.9. The number of carboxylic acid groups (broad SMARTS) is 1. The number of methoxy groups -OCH3 is 1. The molecule has 0 aromatic heterocycles. The van der Waals surface area contributed by atoms with Crippen LogP contribution in [0.1, 0.15) is 11.1 Å². The second-order valence-corrected chi connectivity index (χ2v) is 8.04. The Bertz CT molecular complexity index is 1350. The Kier molecular flexibility index (Phi) is 8.98. The molecular weight excluding hydrogens is 458 g/mol. The van der Waals surface area contributed by atoms with E-state index in [1.54, 1.807) is 19.2 Å². The first kappa shape index (κ1) is 25.5. The van der Waals surface area contributed by atoms with E-state index in [1.165, 1.54) is 17.0 Å². The van der Waals surface area contributed by atoms with Crippen molar-refractivity contribution in [3.8, 4) is 11.5 Å². The van der Waals surface area contributed by atoms with Crippen molar-refractivity contribution in [2.45, 2.75) is 6.92 Å². The SMILES string of the molecule is COc1ccccc1C=CC(=O)O.Cc1cccc(N(C)C(=S)Oc2ccc3ccccc3c2)c1. The summed E-state index contributed by atoms with van der Waals surface area (Å²) in [7, 11) is 3.46. The van der Waals surface area contributed by atoms with Gasteiger partial charge in [0.05, 0.1) is 7.11 Å². The van der Waals surface area contributed by atoms with Gasteiger partial charge in [0, 0.05) is 24.4 Å². The van der Waals surface area contributed by atoms with Gasteiger partial charge in [0.25, 0.3) is 5.17 Å². The summed E-state index contributed by atoms with van der Waals surface area (Å²) >= 11 is 5.41. The molecule has 1 N–H and O–H groups in total. The summed E-state index contributed by atoms with van der Waals surface area (Å²) in [5, 5.41) is 11.2. The summed E-state index contributed by atoms with van der Waals surface area (Å²) in [5.41, 5.74) is 2.97. The Morgan fingerprint density at radius 3 is 2.34 bits per heavy atom. The van der Waals surface area contributed by atoms with Crippen molar-refractivity contribution in [3.63, 3.8) is 0 Å². The van der Waals surface area contributed by atoms with Gasteiger partial charge >= 0.3 is 5.97 Å². The summed E-state index contributed by atoms with van der Waals surface area (Å²) in [4.78, 5) is 12.1. The van der Waals surface area contributed by atoms with E-state index in [2.05, 4.69) is 31.2 Å². The number of fused-ring (bicyclic) bond motifs is 1. The fourth-order valence-electron chi connectivity index (χ4n) is 3.31. The predicted octanol–water partition coefficient (Wildman–Crippen LogP) is 6.74. The van der Waals surface area contributed by atoms with Crippen molar-refractivity contribution in [3.05, 3.63) is 108 Å². The van der Waals surface area contributed by atoms with Crippen LogP contribution in [-0.2, 0) is 4.79 Å². The van der Waals surface area contributed by atoms with Crippen LogP contribution in [0.2, 0.25) is 0 Å². The summed E-state index contributed by atoms with van der Waals surface area (Å²) in [6.45, 7) is 2.06. The highest BCUT2D eigenvalue weighted by molar-refractivity contribution is 7.80. The van der Waals surface area contributed by atoms with Crippen LogP contribution < -0.4 is 14.4 Å². The van der Waals surface area contributed by atoms with E-state index >= 15 is 0 Å². The minimum Gasteiger partial charge on any atom is -0.496 e. The molecule has 4 aromatic rings. The normalized spacial score (nSPS) is 10.4. The smallest absolute Gasteiger partial charge is 0.328 e. The lowest BCUT2D eigenvalue weighted by Crippen LogP contribution is -2.29. The zero-order valence-corrected chi connectivity index (χ0v) is 20.7. The molecule has 0 unspecified atom stereocenters. The lowest BCUT2D eigenvalue weighted by Gasteiger charge is -2.20. The molecule has 0 aliphatic rings. The fourth-order valence-corrected chi connectivity index (χ4v) is 3.51. The van der Waals surface area contributed by atoms with Gasteiger partial charge in [0.2, 0.25) is 0 Å². The van der Waals surface area contributed by atoms with Gasteiger partial charge in [-0.1, -0.05) is 60.7 Å². The Hall–Kier alpha value is -4.16. The number of para-hydroxylation sites is 1. The van der Waals surface area contributed by atoms with Crippen LogP contribution in [0.15, 0.2) is 97.1 Å². The maximum atomic E-state index is 10.2. The van der Waals surface area contributed by atoms with Crippen molar-refractivity contribution in [2.75, 3.05) is 19.1 Å². The van der Waals surface area contributed by atoms with E-state index in [0.29, 0.717) is 10.9 Å². The molecular formula is C29H27NO4S. The zero-order chi connectivity index (χ0) is 25.2. The van der Waals surface area contributed by atoms with Crippen molar-refractivity contribution < 1.29 is 19.4 Å². The average Bonchev–Trinajstić information content (AvgIpc) is 2.87. The van der Waals surface area contributed by atoms with Crippen LogP contribution in [-0.4, -0.2) is 30.4 Å². The lowest BCUT2D eigenvalue weighted by atomic mass is 10.1. The molecule has 0 radical (unpaired) electrons. The van der Waals surface area contributed by atoms with Crippen molar-refractivity contribution in [1.82, 2.24) is 0 Å². The van der Waals surface area contributed by atoms with Crippen molar-refractivity contribution in [1.29, 1.82) is 0 Å². The molecule has 0 atom stereocenters. The van der Waals surface area contributed by atoms with E-state index in [-0.39, 0.29) is 0 Å². The van der Waals surface area contributed by atoms with Crippen LogP contribution in [0.25, 0.3) is 16.8 Å². The van der Waals surface area contributed by atoms with Gasteiger partial charge in [-0.2, -0.15) is 0 Å². The molecule has 0 heterocycles. The minimum absolute atomic E-state index is 0.431. The highest BCUT2D eigenvalue weighted by atomic mass is 32.1. The number of anilines is 1. The molecule has 0 fully saturated rings.